The molecule has 104 valence electrons. The monoisotopic (exact) mass is 283 g/mol. The van der Waals surface area contributed by atoms with Gasteiger partial charge in [-0.1, -0.05) is 24.3 Å². The Labute approximate surface area is 117 Å². The second-order valence-electron chi connectivity index (χ2n) is 4.63. The molecule has 0 unspecified atom stereocenters. The predicted molar refractivity (Wildman–Crippen MR) is 76.3 cm³/mol. The Morgan fingerprint density at radius 2 is 1.48 bits per heavy atom. The van der Waals surface area contributed by atoms with Crippen LogP contribution in [-0.4, -0.2) is 16.7 Å². The lowest BCUT2D eigenvalue weighted by atomic mass is 9.90. The quantitative estimate of drug-likeness (QED) is 0.557. The molecule has 7 nitrogen and oxygen atoms in total. The number of fused-ring (bicyclic) bond motifs is 2. The molecule has 4 aromatic carbocycles. The van der Waals surface area contributed by atoms with Crippen molar-refractivity contribution < 1.29 is 14.5 Å². The van der Waals surface area contributed by atoms with Crippen molar-refractivity contribution in [3.63, 3.8) is 0 Å². The zero-order chi connectivity index (χ0) is 15.3. The molecule has 2 bridgehead atoms. The van der Waals surface area contributed by atoms with Crippen LogP contribution in [0, 0.1) is 10.1 Å². The number of nitrogens with zero attached hydrogens (tertiary/aromatic N) is 1. The Kier molecular flexibility index (Phi) is 2.52. The highest BCUT2D eigenvalue weighted by Crippen LogP contribution is 2.37. The van der Waals surface area contributed by atoms with Gasteiger partial charge in [0, 0.05) is 16.8 Å². The van der Waals surface area contributed by atoms with Crippen molar-refractivity contribution >= 4 is 39.0 Å². The topological polar surface area (TPSA) is 129 Å². The summed E-state index contributed by atoms with van der Waals surface area (Å²) in [6, 6.07) is 7.93. The van der Waals surface area contributed by atoms with Crippen LogP contribution in [0.5, 0.6) is 0 Å². The van der Waals surface area contributed by atoms with Crippen molar-refractivity contribution in [2.45, 2.75) is 0 Å². The van der Waals surface area contributed by atoms with Crippen LogP contribution in [-0.2, 0) is 0 Å². The van der Waals surface area contributed by atoms with E-state index in [0.717, 1.165) is 6.07 Å². The molecule has 0 aliphatic carbocycles. The predicted octanol–water partition coefficient (Wildman–Crippen LogP) is 1.54. The Bertz CT molecular complexity index is 912. The fraction of sp³-hybridized carbons (Fsp3) is 0. The molecule has 0 fully saturated rings. The summed E-state index contributed by atoms with van der Waals surface area (Å²) in [6.45, 7) is 0. The van der Waals surface area contributed by atoms with E-state index >= 15 is 0 Å². The second kappa shape index (κ2) is 4.14. The van der Waals surface area contributed by atoms with Gasteiger partial charge in [0.05, 0.1) is 10.5 Å². The number of primary amides is 2. The molecule has 0 aromatic heterocycles. The van der Waals surface area contributed by atoms with Gasteiger partial charge in [-0.3, -0.25) is 19.7 Å². The summed E-state index contributed by atoms with van der Waals surface area (Å²) in [5.41, 5.74) is 9.90. The number of nitro groups is 1. The van der Waals surface area contributed by atoms with E-state index in [2.05, 4.69) is 0 Å². The zero-order valence-corrected chi connectivity index (χ0v) is 10.6. The summed E-state index contributed by atoms with van der Waals surface area (Å²) in [6.07, 6.45) is 0. The summed E-state index contributed by atoms with van der Waals surface area (Å²) in [5, 5.41) is 13.1. The van der Waals surface area contributed by atoms with Crippen molar-refractivity contribution in [2.75, 3.05) is 0 Å². The fourth-order valence-corrected chi connectivity index (χ4v) is 2.65. The molecule has 21 heavy (non-hydrogen) atoms. The third-order valence-electron chi connectivity index (χ3n) is 3.48. The first-order valence-electron chi connectivity index (χ1n) is 5.97. The largest absolute Gasteiger partial charge is 0.366 e. The minimum absolute atomic E-state index is 0.00269. The number of hydrogen-bond acceptors (Lipinski definition) is 4. The second-order valence-corrected chi connectivity index (χ2v) is 4.63. The number of nitro benzene ring substituents is 1. The molecular formula is C14H9N3O4. The van der Waals surface area contributed by atoms with Crippen LogP contribution in [0.4, 0.5) is 5.69 Å². The minimum Gasteiger partial charge on any atom is -0.366 e. The number of nitrogens with two attached hydrogens (primary N) is 2. The van der Waals surface area contributed by atoms with Gasteiger partial charge in [0.25, 0.3) is 11.6 Å². The van der Waals surface area contributed by atoms with Crippen LogP contribution in [0.3, 0.4) is 0 Å². The molecule has 4 N–H and O–H groups in total. The van der Waals surface area contributed by atoms with Gasteiger partial charge in [-0.2, -0.15) is 0 Å². The van der Waals surface area contributed by atoms with E-state index in [4.69, 9.17) is 11.5 Å². The maximum Gasteiger partial charge on any atom is 0.283 e. The van der Waals surface area contributed by atoms with Gasteiger partial charge in [0.15, 0.2) is 0 Å². The van der Waals surface area contributed by atoms with Crippen molar-refractivity contribution in [1.82, 2.24) is 0 Å². The van der Waals surface area contributed by atoms with Crippen LogP contribution >= 0.6 is 0 Å². The molecule has 4 aromatic rings. The fourth-order valence-electron chi connectivity index (χ4n) is 2.65. The third kappa shape index (κ3) is 1.68. The SMILES string of the molecule is NC(=O)c1cc([N+](=O)[O-])c(C(N)=O)c2c3ccc(cc3)c12. The lowest BCUT2D eigenvalue weighted by molar-refractivity contribution is -0.385. The van der Waals surface area contributed by atoms with Crippen LogP contribution in [0.2, 0.25) is 0 Å². The highest BCUT2D eigenvalue weighted by atomic mass is 16.6. The molecule has 0 saturated carbocycles. The van der Waals surface area contributed by atoms with E-state index < -0.39 is 22.4 Å². The van der Waals surface area contributed by atoms with Crippen LogP contribution in [0.1, 0.15) is 20.7 Å². The van der Waals surface area contributed by atoms with E-state index in [9.17, 15) is 19.7 Å². The van der Waals surface area contributed by atoms with Gasteiger partial charge in [0.2, 0.25) is 5.91 Å². The van der Waals surface area contributed by atoms with E-state index in [0.29, 0.717) is 21.5 Å². The first-order valence-corrected chi connectivity index (χ1v) is 5.97. The molecular weight excluding hydrogens is 274 g/mol. The zero-order valence-electron chi connectivity index (χ0n) is 10.6. The standard InChI is InChI=1S/C14H9N3O4/c15-13(18)8-5-9(17(20)21)12(14(16)19)11-7-3-1-6(2-4-7)10(8)11/h1-5H,(H2,15,18)(H2,16,19). The molecule has 7 heteroatoms. The Morgan fingerprint density at radius 1 is 0.952 bits per heavy atom. The lowest BCUT2D eigenvalue weighted by Gasteiger charge is -2.13. The Morgan fingerprint density at radius 3 is 1.90 bits per heavy atom. The summed E-state index contributed by atoms with van der Waals surface area (Å²) >= 11 is 0. The van der Waals surface area contributed by atoms with Crippen molar-refractivity contribution in [2.24, 2.45) is 11.5 Å². The van der Waals surface area contributed by atoms with Gasteiger partial charge in [-0.05, 0) is 10.8 Å². The third-order valence-corrected chi connectivity index (χ3v) is 3.48. The smallest absolute Gasteiger partial charge is 0.283 e. The molecule has 0 heterocycles. The highest BCUT2D eigenvalue weighted by molar-refractivity contribution is 6.26. The van der Waals surface area contributed by atoms with Crippen molar-refractivity contribution in [3.05, 3.63) is 51.6 Å². The number of hydrogen-bond donors (Lipinski definition) is 2. The summed E-state index contributed by atoms with van der Waals surface area (Å²) in [4.78, 5) is 33.7. The summed E-state index contributed by atoms with van der Waals surface area (Å²) in [7, 11) is 0. The number of amides is 2. The Hall–Kier alpha value is -3.22. The summed E-state index contributed by atoms with van der Waals surface area (Å²) in [5.74, 6) is -1.72. The lowest BCUT2D eigenvalue weighted by Crippen LogP contribution is -2.18. The summed E-state index contributed by atoms with van der Waals surface area (Å²) < 4.78 is 0. The number of benzene rings is 4. The first-order chi connectivity index (χ1) is 9.91. The van der Waals surface area contributed by atoms with E-state index in [1.807, 2.05) is 0 Å². The van der Waals surface area contributed by atoms with Crippen LogP contribution < -0.4 is 11.5 Å². The molecule has 0 aliphatic heterocycles. The van der Waals surface area contributed by atoms with Gasteiger partial charge >= 0.3 is 0 Å². The number of rotatable bonds is 3. The van der Waals surface area contributed by atoms with Gasteiger partial charge in [-0.25, -0.2) is 0 Å². The highest BCUT2D eigenvalue weighted by Gasteiger charge is 2.27. The average molecular weight is 283 g/mol. The van der Waals surface area contributed by atoms with Gasteiger partial charge in [0.1, 0.15) is 5.56 Å². The normalized spacial score (nSPS) is 11.0. The molecule has 0 radical (unpaired) electrons. The molecule has 0 saturated heterocycles. The molecule has 0 atom stereocenters. The van der Waals surface area contributed by atoms with E-state index in [-0.39, 0.29) is 11.1 Å². The molecule has 0 spiro atoms. The van der Waals surface area contributed by atoms with Crippen LogP contribution in [0.15, 0.2) is 30.3 Å². The van der Waals surface area contributed by atoms with E-state index in [1.54, 1.807) is 24.3 Å². The molecule has 0 aliphatic rings. The maximum absolute atomic E-state index is 11.7. The Balaban J connectivity index is 2.66. The van der Waals surface area contributed by atoms with Crippen molar-refractivity contribution in [1.29, 1.82) is 0 Å². The van der Waals surface area contributed by atoms with Gasteiger partial charge < -0.3 is 11.5 Å². The van der Waals surface area contributed by atoms with E-state index in [1.165, 1.54) is 0 Å². The van der Waals surface area contributed by atoms with Crippen LogP contribution in [0.25, 0.3) is 21.5 Å². The maximum atomic E-state index is 11.7. The molecule has 4 rings (SSSR count). The minimum atomic E-state index is -0.920. The average Bonchev–Trinajstić information content (AvgIpc) is 2.46. The first kappa shape index (κ1) is 12.8. The number of carbonyl (C=O) groups is 2. The molecule has 2 amide bonds. The number of carbonyl (C=O) groups excluding carboxylic acids is 2. The van der Waals surface area contributed by atoms with Gasteiger partial charge in [-0.15, -0.1) is 0 Å². The van der Waals surface area contributed by atoms with Crippen molar-refractivity contribution in [3.8, 4) is 0 Å².